The Labute approximate surface area is 177 Å². The van der Waals surface area contributed by atoms with Crippen LogP contribution >= 0.6 is 0 Å². The number of pyridine rings is 1. The topological polar surface area (TPSA) is 85.9 Å². The molecule has 30 heavy (non-hydrogen) atoms. The lowest BCUT2D eigenvalue weighted by atomic mass is 10.1. The van der Waals surface area contributed by atoms with E-state index in [9.17, 15) is 5.26 Å². The van der Waals surface area contributed by atoms with Crippen molar-refractivity contribution >= 4 is 22.5 Å². The quantitative estimate of drug-likeness (QED) is 0.718. The number of aromatic nitrogens is 4. The van der Waals surface area contributed by atoms with Gasteiger partial charge in [0.15, 0.2) is 5.65 Å². The molecule has 1 unspecified atom stereocenters. The van der Waals surface area contributed by atoms with E-state index in [0.29, 0.717) is 17.4 Å². The predicted octanol–water partition coefficient (Wildman–Crippen LogP) is 2.72. The SMILES string of the molecule is CC.CC1CN(c2ncnc3c2c(N2CCC2)cn3-c2cc(C#N)ccn2)CCN1. The van der Waals surface area contributed by atoms with Gasteiger partial charge in [-0.05, 0) is 25.5 Å². The van der Waals surface area contributed by atoms with Crippen LogP contribution < -0.4 is 15.1 Å². The maximum absolute atomic E-state index is 9.27. The maximum atomic E-state index is 9.27. The highest BCUT2D eigenvalue weighted by molar-refractivity contribution is 6.00. The molecule has 0 amide bonds. The summed E-state index contributed by atoms with van der Waals surface area (Å²) in [5.74, 6) is 1.68. The summed E-state index contributed by atoms with van der Waals surface area (Å²) < 4.78 is 1.99. The highest BCUT2D eigenvalue weighted by Gasteiger charge is 2.27. The number of nitrogens with one attached hydrogen (secondary N) is 1. The molecule has 2 aliphatic rings. The maximum Gasteiger partial charge on any atom is 0.153 e. The van der Waals surface area contributed by atoms with Crippen LogP contribution in [-0.4, -0.2) is 58.3 Å². The molecular weight excluding hydrogens is 376 g/mol. The number of piperazine rings is 1. The Hall–Kier alpha value is -3.18. The first kappa shape index (κ1) is 20.1. The second-order valence-electron chi connectivity index (χ2n) is 7.44. The number of nitriles is 1. The summed E-state index contributed by atoms with van der Waals surface area (Å²) >= 11 is 0. The van der Waals surface area contributed by atoms with Crippen molar-refractivity contribution in [2.45, 2.75) is 33.2 Å². The molecule has 0 saturated carbocycles. The van der Waals surface area contributed by atoms with E-state index in [0.717, 1.165) is 55.3 Å². The molecule has 5 rings (SSSR count). The van der Waals surface area contributed by atoms with Crippen molar-refractivity contribution in [3.63, 3.8) is 0 Å². The van der Waals surface area contributed by atoms with E-state index in [1.807, 2.05) is 18.4 Å². The molecule has 8 nitrogen and oxygen atoms in total. The summed E-state index contributed by atoms with van der Waals surface area (Å²) in [7, 11) is 0. The van der Waals surface area contributed by atoms with Crippen molar-refractivity contribution in [1.29, 1.82) is 5.26 Å². The first-order valence-electron chi connectivity index (χ1n) is 10.7. The van der Waals surface area contributed by atoms with Crippen LogP contribution in [0.15, 0.2) is 30.9 Å². The van der Waals surface area contributed by atoms with Crippen LogP contribution in [0.2, 0.25) is 0 Å². The van der Waals surface area contributed by atoms with E-state index in [1.165, 1.54) is 6.42 Å². The Morgan fingerprint density at radius 1 is 1.13 bits per heavy atom. The van der Waals surface area contributed by atoms with Crippen LogP contribution in [-0.2, 0) is 0 Å². The van der Waals surface area contributed by atoms with Crippen molar-refractivity contribution in [1.82, 2.24) is 24.8 Å². The zero-order chi connectivity index (χ0) is 21.1. The Morgan fingerprint density at radius 3 is 2.67 bits per heavy atom. The second kappa shape index (κ2) is 8.67. The largest absolute Gasteiger partial charge is 0.369 e. The van der Waals surface area contributed by atoms with Crippen molar-refractivity contribution in [2.24, 2.45) is 0 Å². The number of fused-ring (bicyclic) bond motifs is 1. The normalized spacial score (nSPS) is 18.4. The van der Waals surface area contributed by atoms with Gasteiger partial charge in [0.2, 0.25) is 0 Å². The molecule has 5 heterocycles. The number of anilines is 2. The summed E-state index contributed by atoms with van der Waals surface area (Å²) in [6, 6.07) is 6.13. The van der Waals surface area contributed by atoms with E-state index in [1.54, 1.807) is 24.7 Å². The number of hydrogen-bond acceptors (Lipinski definition) is 7. The molecule has 0 spiro atoms. The predicted molar refractivity (Wildman–Crippen MR) is 119 cm³/mol. The van der Waals surface area contributed by atoms with Gasteiger partial charge in [0.1, 0.15) is 18.0 Å². The van der Waals surface area contributed by atoms with Crippen LogP contribution in [0.5, 0.6) is 0 Å². The lowest BCUT2D eigenvalue weighted by molar-refractivity contribution is 0.483. The summed E-state index contributed by atoms with van der Waals surface area (Å²) in [6.45, 7) is 11.1. The molecule has 3 aromatic rings. The minimum Gasteiger partial charge on any atom is -0.369 e. The Balaban J connectivity index is 0.00000106. The lowest BCUT2D eigenvalue weighted by Crippen LogP contribution is -2.49. The lowest BCUT2D eigenvalue weighted by Gasteiger charge is -2.35. The molecule has 1 atom stereocenters. The smallest absolute Gasteiger partial charge is 0.153 e. The zero-order valence-corrected chi connectivity index (χ0v) is 17.8. The molecule has 2 aliphatic heterocycles. The van der Waals surface area contributed by atoms with Gasteiger partial charge >= 0.3 is 0 Å². The first-order valence-corrected chi connectivity index (χ1v) is 10.7. The van der Waals surface area contributed by atoms with Gasteiger partial charge in [0.25, 0.3) is 0 Å². The summed E-state index contributed by atoms with van der Waals surface area (Å²) in [5, 5.41) is 13.8. The summed E-state index contributed by atoms with van der Waals surface area (Å²) in [4.78, 5) is 18.5. The highest BCUT2D eigenvalue weighted by Crippen LogP contribution is 2.37. The molecule has 3 aromatic heterocycles. The third kappa shape index (κ3) is 3.57. The number of rotatable bonds is 3. The molecule has 8 heteroatoms. The zero-order valence-electron chi connectivity index (χ0n) is 17.8. The third-order valence-corrected chi connectivity index (χ3v) is 5.53. The van der Waals surface area contributed by atoms with Gasteiger partial charge in [-0.15, -0.1) is 0 Å². The molecular formula is C22H28N8. The fourth-order valence-electron chi connectivity index (χ4n) is 3.98. The average Bonchev–Trinajstić information content (AvgIpc) is 3.13. The van der Waals surface area contributed by atoms with E-state index in [4.69, 9.17) is 0 Å². The molecule has 156 valence electrons. The van der Waals surface area contributed by atoms with E-state index in [2.05, 4.69) is 49.3 Å². The molecule has 2 fully saturated rings. The Morgan fingerprint density at radius 2 is 1.97 bits per heavy atom. The highest BCUT2D eigenvalue weighted by atomic mass is 15.3. The van der Waals surface area contributed by atoms with Gasteiger partial charge in [-0.2, -0.15) is 5.26 Å². The molecule has 0 aromatic carbocycles. The number of hydrogen-bond donors (Lipinski definition) is 1. The van der Waals surface area contributed by atoms with Gasteiger partial charge in [0.05, 0.1) is 22.7 Å². The standard InChI is InChI=1S/C20H22N8.C2H6/c1-14-11-27(8-5-22-14)19-18-16(26-6-2-7-26)12-28(20(18)25-13-24-19)17-9-15(10-21)3-4-23-17;1-2/h3-4,9,12-14,22H,2,5-8,11H2,1H3;1-2H3. The van der Waals surface area contributed by atoms with E-state index >= 15 is 0 Å². The molecule has 0 bridgehead atoms. The molecule has 0 radical (unpaired) electrons. The number of nitrogens with zero attached hydrogens (tertiary/aromatic N) is 7. The molecule has 1 N–H and O–H groups in total. The Bertz CT molecular complexity index is 1060. The van der Waals surface area contributed by atoms with Crippen LogP contribution in [0.1, 0.15) is 32.8 Å². The molecule has 2 saturated heterocycles. The molecule has 0 aliphatic carbocycles. The summed E-state index contributed by atoms with van der Waals surface area (Å²) in [5.41, 5.74) is 2.57. The van der Waals surface area contributed by atoms with Gasteiger partial charge in [0, 0.05) is 51.2 Å². The fourth-order valence-corrected chi connectivity index (χ4v) is 3.98. The van der Waals surface area contributed by atoms with Crippen LogP contribution in [0, 0.1) is 11.3 Å². The minimum atomic E-state index is 0.419. The van der Waals surface area contributed by atoms with E-state index < -0.39 is 0 Å². The average molecular weight is 405 g/mol. The van der Waals surface area contributed by atoms with Gasteiger partial charge in [-0.1, -0.05) is 13.8 Å². The minimum absolute atomic E-state index is 0.419. The van der Waals surface area contributed by atoms with Crippen LogP contribution in [0.3, 0.4) is 0 Å². The summed E-state index contributed by atoms with van der Waals surface area (Å²) in [6.07, 6.45) is 6.59. The van der Waals surface area contributed by atoms with Crippen molar-refractivity contribution < 1.29 is 0 Å². The fraction of sp³-hybridized carbons (Fsp3) is 0.455. The van der Waals surface area contributed by atoms with Crippen molar-refractivity contribution in [3.05, 3.63) is 36.4 Å². The van der Waals surface area contributed by atoms with E-state index in [-0.39, 0.29) is 0 Å². The van der Waals surface area contributed by atoms with Crippen LogP contribution in [0.25, 0.3) is 16.9 Å². The van der Waals surface area contributed by atoms with Crippen LogP contribution in [0.4, 0.5) is 11.5 Å². The van der Waals surface area contributed by atoms with Crippen molar-refractivity contribution in [2.75, 3.05) is 42.5 Å². The Kier molecular flexibility index (Phi) is 5.81. The monoisotopic (exact) mass is 404 g/mol. The van der Waals surface area contributed by atoms with Gasteiger partial charge in [-0.25, -0.2) is 15.0 Å². The second-order valence-corrected chi connectivity index (χ2v) is 7.44. The first-order chi connectivity index (χ1) is 14.7. The van der Waals surface area contributed by atoms with Crippen molar-refractivity contribution in [3.8, 4) is 11.9 Å². The van der Waals surface area contributed by atoms with Gasteiger partial charge in [-0.3, -0.25) is 4.57 Å². The van der Waals surface area contributed by atoms with Gasteiger partial charge < -0.3 is 15.1 Å². The third-order valence-electron chi connectivity index (χ3n) is 5.53.